The summed E-state index contributed by atoms with van der Waals surface area (Å²) in [5, 5.41) is 3.37. The predicted molar refractivity (Wildman–Crippen MR) is 87.0 cm³/mol. The van der Waals surface area contributed by atoms with Crippen molar-refractivity contribution in [1.82, 2.24) is 0 Å². The van der Waals surface area contributed by atoms with Crippen molar-refractivity contribution in [2.45, 2.75) is 26.6 Å². The summed E-state index contributed by atoms with van der Waals surface area (Å²) >= 11 is 5.82. The first-order valence-corrected chi connectivity index (χ1v) is 7.96. The first-order chi connectivity index (χ1) is 8.67. The summed E-state index contributed by atoms with van der Waals surface area (Å²) in [7, 11) is 0. The van der Waals surface area contributed by atoms with E-state index in [1.807, 2.05) is 13.8 Å². The zero-order valence-corrected chi connectivity index (χ0v) is 14.5. The minimum atomic E-state index is -0.111. The summed E-state index contributed by atoms with van der Waals surface area (Å²) in [5.41, 5.74) is 1.11. The van der Waals surface area contributed by atoms with Gasteiger partial charge in [0.15, 0.2) is 6.29 Å². The fourth-order valence-electron chi connectivity index (χ4n) is 1.53. The molecule has 0 radical (unpaired) electrons. The second kappa shape index (κ2) is 9.12. The highest BCUT2D eigenvalue weighted by Gasteiger charge is 2.07. The van der Waals surface area contributed by atoms with Gasteiger partial charge in [0.05, 0.1) is 0 Å². The Bertz CT molecular complexity index is 357. The largest absolute Gasteiger partial charge is 0.385 e. The van der Waals surface area contributed by atoms with Gasteiger partial charge in [0.25, 0.3) is 0 Å². The summed E-state index contributed by atoms with van der Waals surface area (Å²) in [4.78, 5) is 0. The molecule has 0 bridgehead atoms. The molecule has 0 aliphatic heterocycles. The molecule has 0 saturated heterocycles. The number of halogens is 2. The van der Waals surface area contributed by atoms with E-state index in [2.05, 4.69) is 62.0 Å². The molecule has 0 spiro atoms. The molecular formula is C13H19BrINO2. The van der Waals surface area contributed by atoms with Crippen molar-refractivity contribution in [3.8, 4) is 0 Å². The Labute approximate surface area is 131 Å². The average Bonchev–Trinajstić information content (AvgIpc) is 2.34. The second-order valence-corrected chi connectivity index (χ2v) is 5.70. The van der Waals surface area contributed by atoms with Crippen LogP contribution in [0.1, 0.15) is 20.3 Å². The molecular weight excluding hydrogens is 409 g/mol. The molecule has 0 aliphatic rings. The standard InChI is InChI=1S/C13H19BrINO2/c1-3-17-13(18-4-2)7-8-16-10-5-6-12(15)11(14)9-10/h5-6,9,13,16H,3-4,7-8H2,1-2H3. The summed E-state index contributed by atoms with van der Waals surface area (Å²) < 4.78 is 13.3. The van der Waals surface area contributed by atoms with Crippen LogP contribution in [0.2, 0.25) is 0 Å². The van der Waals surface area contributed by atoms with Crippen molar-refractivity contribution >= 4 is 44.2 Å². The molecule has 102 valence electrons. The van der Waals surface area contributed by atoms with Crippen LogP contribution in [-0.2, 0) is 9.47 Å². The molecule has 0 saturated carbocycles. The molecule has 3 nitrogen and oxygen atoms in total. The highest BCUT2D eigenvalue weighted by atomic mass is 127. The van der Waals surface area contributed by atoms with Crippen molar-refractivity contribution in [3.05, 3.63) is 26.2 Å². The lowest BCUT2D eigenvalue weighted by Gasteiger charge is -2.17. The van der Waals surface area contributed by atoms with Gasteiger partial charge in [0.1, 0.15) is 0 Å². The number of hydrogen-bond donors (Lipinski definition) is 1. The molecule has 0 heterocycles. The number of rotatable bonds is 8. The van der Waals surface area contributed by atoms with Crippen molar-refractivity contribution in [2.24, 2.45) is 0 Å². The van der Waals surface area contributed by atoms with Gasteiger partial charge in [0, 0.05) is 39.9 Å². The lowest BCUT2D eigenvalue weighted by molar-refractivity contribution is -0.137. The molecule has 0 amide bonds. The quantitative estimate of drug-likeness (QED) is 0.496. The molecule has 0 unspecified atom stereocenters. The maximum Gasteiger partial charge on any atom is 0.159 e. The number of ether oxygens (including phenoxy) is 2. The van der Waals surface area contributed by atoms with Crippen LogP contribution in [0.5, 0.6) is 0 Å². The summed E-state index contributed by atoms with van der Waals surface area (Å²) in [5.74, 6) is 0. The molecule has 1 aromatic rings. The van der Waals surface area contributed by atoms with Crippen LogP contribution in [0.15, 0.2) is 22.7 Å². The smallest absolute Gasteiger partial charge is 0.159 e. The normalized spacial score (nSPS) is 10.9. The van der Waals surface area contributed by atoms with Gasteiger partial charge in [-0.1, -0.05) is 0 Å². The van der Waals surface area contributed by atoms with Crippen LogP contribution >= 0.6 is 38.5 Å². The maximum absolute atomic E-state index is 5.49. The van der Waals surface area contributed by atoms with Gasteiger partial charge in [0.2, 0.25) is 0 Å². The summed E-state index contributed by atoms with van der Waals surface area (Å²) in [6.45, 7) is 6.16. The van der Waals surface area contributed by atoms with E-state index in [9.17, 15) is 0 Å². The molecule has 0 fully saturated rings. The zero-order valence-electron chi connectivity index (χ0n) is 10.7. The fourth-order valence-corrected chi connectivity index (χ4v) is 2.24. The van der Waals surface area contributed by atoms with Gasteiger partial charge in [-0.05, 0) is 70.6 Å². The average molecular weight is 428 g/mol. The number of nitrogens with one attached hydrogen (secondary N) is 1. The van der Waals surface area contributed by atoms with Crippen LogP contribution in [0.25, 0.3) is 0 Å². The highest BCUT2D eigenvalue weighted by Crippen LogP contribution is 2.22. The van der Waals surface area contributed by atoms with Gasteiger partial charge in [-0.3, -0.25) is 0 Å². The van der Waals surface area contributed by atoms with Crippen LogP contribution in [0.4, 0.5) is 5.69 Å². The topological polar surface area (TPSA) is 30.5 Å². The van der Waals surface area contributed by atoms with Crippen molar-refractivity contribution in [2.75, 3.05) is 25.1 Å². The van der Waals surface area contributed by atoms with Crippen LogP contribution in [-0.4, -0.2) is 26.0 Å². The van der Waals surface area contributed by atoms with E-state index in [0.717, 1.165) is 23.1 Å². The molecule has 0 atom stereocenters. The van der Waals surface area contributed by atoms with E-state index >= 15 is 0 Å². The van der Waals surface area contributed by atoms with E-state index in [1.54, 1.807) is 0 Å². The first-order valence-electron chi connectivity index (χ1n) is 6.09. The van der Waals surface area contributed by atoms with Crippen molar-refractivity contribution < 1.29 is 9.47 Å². The Hall–Kier alpha value is 0.150. The molecule has 18 heavy (non-hydrogen) atoms. The molecule has 0 aromatic heterocycles. The van der Waals surface area contributed by atoms with Gasteiger partial charge in [-0.15, -0.1) is 0 Å². The Kier molecular flexibility index (Phi) is 8.21. The first kappa shape index (κ1) is 16.2. The van der Waals surface area contributed by atoms with Crippen LogP contribution in [0, 0.1) is 3.57 Å². The molecule has 1 rings (SSSR count). The molecule has 1 aromatic carbocycles. The van der Waals surface area contributed by atoms with E-state index in [0.29, 0.717) is 13.2 Å². The second-order valence-electron chi connectivity index (χ2n) is 3.68. The lowest BCUT2D eigenvalue weighted by atomic mass is 10.3. The van der Waals surface area contributed by atoms with Gasteiger partial charge in [-0.2, -0.15) is 0 Å². The van der Waals surface area contributed by atoms with E-state index in [1.165, 1.54) is 3.57 Å². The van der Waals surface area contributed by atoms with Crippen molar-refractivity contribution in [1.29, 1.82) is 0 Å². The van der Waals surface area contributed by atoms with E-state index in [4.69, 9.17) is 9.47 Å². The van der Waals surface area contributed by atoms with E-state index < -0.39 is 0 Å². The van der Waals surface area contributed by atoms with Gasteiger partial charge >= 0.3 is 0 Å². The molecule has 0 aliphatic carbocycles. The Morgan fingerprint density at radius 2 is 1.94 bits per heavy atom. The number of anilines is 1. The third-order valence-corrected chi connectivity index (χ3v) is 4.67. The summed E-state index contributed by atoms with van der Waals surface area (Å²) in [6.07, 6.45) is 0.727. The third-order valence-electron chi connectivity index (χ3n) is 2.33. The van der Waals surface area contributed by atoms with Crippen LogP contribution in [0.3, 0.4) is 0 Å². The van der Waals surface area contributed by atoms with Crippen molar-refractivity contribution in [3.63, 3.8) is 0 Å². The van der Waals surface area contributed by atoms with Crippen LogP contribution < -0.4 is 5.32 Å². The zero-order chi connectivity index (χ0) is 13.4. The lowest BCUT2D eigenvalue weighted by Crippen LogP contribution is -2.21. The minimum absolute atomic E-state index is 0.111. The number of benzene rings is 1. The molecule has 5 heteroatoms. The van der Waals surface area contributed by atoms with Gasteiger partial charge in [-0.25, -0.2) is 0 Å². The minimum Gasteiger partial charge on any atom is -0.385 e. The highest BCUT2D eigenvalue weighted by molar-refractivity contribution is 14.1. The molecule has 1 N–H and O–H groups in total. The fraction of sp³-hybridized carbons (Fsp3) is 0.538. The SMILES string of the molecule is CCOC(CCNc1ccc(I)c(Br)c1)OCC. The predicted octanol–water partition coefficient (Wildman–Crippen LogP) is 4.25. The third kappa shape index (κ3) is 5.86. The maximum atomic E-state index is 5.49. The van der Waals surface area contributed by atoms with E-state index in [-0.39, 0.29) is 6.29 Å². The Morgan fingerprint density at radius 3 is 2.50 bits per heavy atom. The Morgan fingerprint density at radius 1 is 1.28 bits per heavy atom. The number of hydrogen-bond acceptors (Lipinski definition) is 3. The summed E-state index contributed by atoms with van der Waals surface area (Å²) in [6, 6.07) is 6.23. The Balaban J connectivity index is 2.37. The monoisotopic (exact) mass is 427 g/mol. The van der Waals surface area contributed by atoms with Gasteiger partial charge < -0.3 is 14.8 Å².